The molecule has 4 nitrogen and oxygen atoms in total. The summed E-state index contributed by atoms with van der Waals surface area (Å²) >= 11 is 0. The third-order valence-electron chi connectivity index (χ3n) is 4.88. The zero-order valence-electron chi connectivity index (χ0n) is 12.7. The van der Waals surface area contributed by atoms with E-state index < -0.39 is 0 Å². The number of carbonyl (C=O) groups excluding carboxylic acids is 1. The Balaban J connectivity index is 1.76. The number of nitrogens with zero attached hydrogens (tertiary/aromatic N) is 2. The predicted molar refractivity (Wildman–Crippen MR) is 78.0 cm³/mol. The molecular weight excluding hydrogens is 238 g/mol. The van der Waals surface area contributed by atoms with Gasteiger partial charge in [0.1, 0.15) is 0 Å². The summed E-state index contributed by atoms with van der Waals surface area (Å²) in [7, 11) is 6.18. The number of carbonyl (C=O) groups is 1. The standard InChI is InChI=1S/C15H29N3O/c1-16-14-6-4-13(5-7-14)15(19)18(3)11-12-8-9-17(2)10-12/h12-14,16H,4-11H2,1-3H3. The zero-order valence-corrected chi connectivity index (χ0v) is 12.7. The van der Waals surface area contributed by atoms with E-state index in [1.165, 1.54) is 13.0 Å². The molecule has 2 fully saturated rings. The van der Waals surface area contributed by atoms with E-state index in [1.807, 2.05) is 19.0 Å². The third-order valence-corrected chi connectivity index (χ3v) is 4.88. The second kappa shape index (κ2) is 6.71. The van der Waals surface area contributed by atoms with E-state index in [4.69, 9.17) is 0 Å². The topological polar surface area (TPSA) is 35.6 Å². The van der Waals surface area contributed by atoms with Crippen LogP contribution in [0.1, 0.15) is 32.1 Å². The first-order chi connectivity index (χ1) is 9.10. The normalized spacial score (nSPS) is 32.5. The molecule has 2 aliphatic rings. The molecule has 19 heavy (non-hydrogen) atoms. The van der Waals surface area contributed by atoms with Gasteiger partial charge < -0.3 is 15.1 Å². The highest BCUT2D eigenvalue weighted by Gasteiger charge is 2.29. The molecule has 0 radical (unpaired) electrons. The number of hydrogen-bond donors (Lipinski definition) is 1. The van der Waals surface area contributed by atoms with E-state index in [0.717, 1.165) is 38.8 Å². The average molecular weight is 267 g/mol. The van der Waals surface area contributed by atoms with Crippen LogP contribution in [0.3, 0.4) is 0 Å². The first kappa shape index (κ1) is 14.8. The molecule has 4 heteroatoms. The summed E-state index contributed by atoms with van der Waals surface area (Å²) < 4.78 is 0. The SMILES string of the molecule is CNC1CCC(C(=O)N(C)CC2CCN(C)C2)CC1. The fourth-order valence-corrected chi connectivity index (χ4v) is 3.59. The van der Waals surface area contributed by atoms with Gasteiger partial charge in [-0.3, -0.25) is 4.79 Å². The molecule has 110 valence electrons. The van der Waals surface area contributed by atoms with Gasteiger partial charge in [0.05, 0.1) is 0 Å². The quantitative estimate of drug-likeness (QED) is 0.831. The lowest BCUT2D eigenvalue weighted by Crippen LogP contribution is -2.40. The maximum absolute atomic E-state index is 12.5. The molecule has 2 rings (SSSR count). The Labute approximate surface area is 117 Å². The van der Waals surface area contributed by atoms with Gasteiger partial charge in [0, 0.05) is 32.1 Å². The average Bonchev–Trinajstić information content (AvgIpc) is 2.83. The molecule has 0 bridgehead atoms. The molecule has 1 amide bonds. The number of rotatable bonds is 4. The maximum atomic E-state index is 12.5. The van der Waals surface area contributed by atoms with Crippen LogP contribution in [0, 0.1) is 11.8 Å². The van der Waals surface area contributed by atoms with Crippen LogP contribution in [0.15, 0.2) is 0 Å². The van der Waals surface area contributed by atoms with Gasteiger partial charge in [0.25, 0.3) is 0 Å². The number of amides is 1. The van der Waals surface area contributed by atoms with Crippen LogP contribution in [0.5, 0.6) is 0 Å². The Bertz CT molecular complexity index is 300. The highest BCUT2D eigenvalue weighted by molar-refractivity contribution is 5.78. The number of likely N-dealkylation sites (tertiary alicyclic amines) is 1. The van der Waals surface area contributed by atoms with E-state index in [9.17, 15) is 4.79 Å². The molecule has 0 aromatic rings. The number of hydrogen-bond acceptors (Lipinski definition) is 3. The van der Waals surface area contributed by atoms with Crippen LogP contribution in [0.4, 0.5) is 0 Å². The van der Waals surface area contributed by atoms with Crippen molar-refractivity contribution in [1.82, 2.24) is 15.1 Å². The molecule has 1 N–H and O–H groups in total. The monoisotopic (exact) mass is 267 g/mol. The molecule has 1 saturated heterocycles. The molecule has 1 aliphatic carbocycles. The van der Waals surface area contributed by atoms with Crippen LogP contribution in [-0.2, 0) is 4.79 Å². The van der Waals surface area contributed by atoms with Crippen LogP contribution in [-0.4, -0.2) is 62.5 Å². The van der Waals surface area contributed by atoms with Gasteiger partial charge in [-0.2, -0.15) is 0 Å². The van der Waals surface area contributed by atoms with Crippen molar-refractivity contribution in [1.29, 1.82) is 0 Å². The molecule has 1 aliphatic heterocycles. The third kappa shape index (κ3) is 3.93. The van der Waals surface area contributed by atoms with Gasteiger partial charge in [-0.05, 0) is 58.7 Å². The first-order valence-electron chi connectivity index (χ1n) is 7.71. The van der Waals surface area contributed by atoms with E-state index in [0.29, 0.717) is 17.9 Å². The lowest BCUT2D eigenvalue weighted by molar-refractivity contribution is -0.135. The molecule has 1 heterocycles. The van der Waals surface area contributed by atoms with E-state index in [2.05, 4.69) is 17.3 Å². The van der Waals surface area contributed by atoms with Crippen molar-refractivity contribution >= 4 is 5.91 Å². The van der Waals surface area contributed by atoms with E-state index >= 15 is 0 Å². The Hall–Kier alpha value is -0.610. The summed E-state index contributed by atoms with van der Waals surface area (Å²) in [6.45, 7) is 3.26. The lowest BCUT2D eigenvalue weighted by Gasteiger charge is -2.31. The highest BCUT2D eigenvalue weighted by atomic mass is 16.2. The van der Waals surface area contributed by atoms with Gasteiger partial charge in [-0.25, -0.2) is 0 Å². The van der Waals surface area contributed by atoms with Gasteiger partial charge in [0.15, 0.2) is 0 Å². The summed E-state index contributed by atoms with van der Waals surface area (Å²) in [5.74, 6) is 1.32. The molecule has 0 spiro atoms. The van der Waals surface area contributed by atoms with Gasteiger partial charge in [-0.1, -0.05) is 0 Å². The van der Waals surface area contributed by atoms with Crippen molar-refractivity contribution in [2.45, 2.75) is 38.1 Å². The Kier molecular flexibility index (Phi) is 5.22. The summed E-state index contributed by atoms with van der Waals surface area (Å²) in [4.78, 5) is 16.8. The number of nitrogens with one attached hydrogen (secondary N) is 1. The predicted octanol–water partition coefficient (Wildman–Crippen LogP) is 1.17. The van der Waals surface area contributed by atoms with Gasteiger partial charge >= 0.3 is 0 Å². The Morgan fingerprint density at radius 1 is 1.26 bits per heavy atom. The fraction of sp³-hybridized carbons (Fsp3) is 0.933. The van der Waals surface area contributed by atoms with E-state index in [1.54, 1.807) is 0 Å². The van der Waals surface area contributed by atoms with Crippen molar-refractivity contribution in [2.75, 3.05) is 40.8 Å². The van der Waals surface area contributed by atoms with E-state index in [-0.39, 0.29) is 5.92 Å². The van der Waals surface area contributed by atoms with Crippen LogP contribution in [0.25, 0.3) is 0 Å². The minimum atomic E-state index is 0.272. The summed E-state index contributed by atoms with van der Waals surface area (Å²) in [5, 5.41) is 3.33. The lowest BCUT2D eigenvalue weighted by atomic mass is 9.85. The Morgan fingerprint density at radius 2 is 1.95 bits per heavy atom. The van der Waals surface area contributed by atoms with Gasteiger partial charge in [0.2, 0.25) is 5.91 Å². The van der Waals surface area contributed by atoms with Gasteiger partial charge in [-0.15, -0.1) is 0 Å². The second-order valence-electron chi connectivity index (χ2n) is 6.47. The molecule has 1 saturated carbocycles. The largest absolute Gasteiger partial charge is 0.345 e. The molecule has 0 aromatic heterocycles. The van der Waals surface area contributed by atoms with Crippen molar-refractivity contribution in [2.24, 2.45) is 11.8 Å². The Morgan fingerprint density at radius 3 is 2.47 bits per heavy atom. The smallest absolute Gasteiger partial charge is 0.225 e. The zero-order chi connectivity index (χ0) is 13.8. The molecule has 1 unspecified atom stereocenters. The summed E-state index contributed by atoms with van der Waals surface area (Å²) in [6, 6.07) is 0.623. The van der Waals surface area contributed by atoms with Crippen LogP contribution >= 0.6 is 0 Å². The second-order valence-corrected chi connectivity index (χ2v) is 6.47. The minimum Gasteiger partial charge on any atom is -0.345 e. The maximum Gasteiger partial charge on any atom is 0.225 e. The van der Waals surface area contributed by atoms with Crippen molar-refractivity contribution < 1.29 is 4.79 Å². The molecular formula is C15H29N3O. The van der Waals surface area contributed by atoms with Crippen molar-refractivity contribution in [3.05, 3.63) is 0 Å². The summed E-state index contributed by atoms with van der Waals surface area (Å²) in [6.07, 6.45) is 5.64. The summed E-state index contributed by atoms with van der Waals surface area (Å²) in [5.41, 5.74) is 0. The van der Waals surface area contributed by atoms with Crippen molar-refractivity contribution in [3.8, 4) is 0 Å². The highest BCUT2D eigenvalue weighted by Crippen LogP contribution is 2.26. The van der Waals surface area contributed by atoms with Crippen LogP contribution in [0.2, 0.25) is 0 Å². The first-order valence-corrected chi connectivity index (χ1v) is 7.71. The molecule has 1 atom stereocenters. The molecule has 0 aromatic carbocycles. The minimum absolute atomic E-state index is 0.272. The van der Waals surface area contributed by atoms with Crippen LogP contribution < -0.4 is 5.32 Å². The van der Waals surface area contributed by atoms with Crippen molar-refractivity contribution in [3.63, 3.8) is 0 Å². The fourth-order valence-electron chi connectivity index (χ4n) is 3.59.